The maximum absolute atomic E-state index is 12.8. The van der Waals surface area contributed by atoms with E-state index < -0.39 is 21.9 Å². The van der Waals surface area contributed by atoms with E-state index in [0.717, 1.165) is 18.5 Å². The lowest BCUT2D eigenvalue weighted by molar-refractivity contribution is -0.136. The lowest BCUT2D eigenvalue weighted by atomic mass is 10.0. The minimum atomic E-state index is -3.28. The van der Waals surface area contributed by atoms with Crippen molar-refractivity contribution in [1.29, 1.82) is 0 Å². The number of amides is 2. The molecule has 0 radical (unpaired) electrons. The van der Waals surface area contributed by atoms with Crippen LogP contribution in [0.25, 0.3) is 0 Å². The Bertz CT molecular complexity index is 813. The first-order valence-corrected chi connectivity index (χ1v) is 10.5. The maximum Gasteiger partial charge on any atom is 0.292 e. The Hall–Kier alpha value is -1.90. The average Bonchev–Trinajstić information content (AvgIpc) is 3.21. The molecule has 3 heterocycles. The van der Waals surface area contributed by atoms with Gasteiger partial charge < -0.3 is 14.3 Å². The minimum absolute atomic E-state index is 0.0742. The molecular weight excluding hydrogens is 346 g/mol. The van der Waals surface area contributed by atoms with Crippen LogP contribution < -0.4 is 0 Å². The van der Waals surface area contributed by atoms with Crippen molar-refractivity contribution >= 4 is 21.7 Å². The lowest BCUT2D eigenvalue weighted by Crippen LogP contribution is -2.61. The Balaban J connectivity index is 1.59. The first kappa shape index (κ1) is 16.6. The van der Waals surface area contributed by atoms with Gasteiger partial charge in [0.25, 0.3) is 5.91 Å². The Morgan fingerprint density at radius 1 is 1.20 bits per heavy atom. The van der Waals surface area contributed by atoms with Gasteiger partial charge in [-0.05, 0) is 12.8 Å². The van der Waals surface area contributed by atoms with Crippen molar-refractivity contribution < 1.29 is 22.5 Å². The number of carbonyl (C=O) groups is 2. The monoisotopic (exact) mass is 367 g/mol. The van der Waals surface area contributed by atoms with Crippen molar-refractivity contribution in [3.05, 3.63) is 17.5 Å². The second kappa shape index (κ2) is 5.82. The Morgan fingerprint density at radius 3 is 2.48 bits per heavy atom. The highest BCUT2D eigenvalue weighted by molar-refractivity contribution is 7.91. The minimum Gasteiger partial charge on any atom is -0.351 e. The molecule has 0 spiro atoms. The molecular formula is C16H21N3O5S. The van der Waals surface area contributed by atoms with Gasteiger partial charge >= 0.3 is 0 Å². The van der Waals surface area contributed by atoms with E-state index in [2.05, 4.69) is 5.16 Å². The molecule has 8 nitrogen and oxygen atoms in total. The molecule has 2 atom stereocenters. The van der Waals surface area contributed by atoms with Crippen molar-refractivity contribution in [3.63, 3.8) is 0 Å². The van der Waals surface area contributed by atoms with Gasteiger partial charge in [0.15, 0.2) is 9.84 Å². The number of hydrogen-bond donors (Lipinski definition) is 0. The predicted octanol–water partition coefficient (Wildman–Crippen LogP) is 0.412. The van der Waals surface area contributed by atoms with E-state index in [1.807, 2.05) is 0 Å². The third kappa shape index (κ3) is 2.94. The number of nitrogens with zero attached hydrogens (tertiary/aromatic N) is 3. The Labute approximate surface area is 146 Å². The van der Waals surface area contributed by atoms with Crippen LogP contribution in [-0.4, -0.2) is 71.9 Å². The summed E-state index contributed by atoms with van der Waals surface area (Å²) in [7, 11) is -3.28. The third-order valence-corrected chi connectivity index (χ3v) is 6.99. The lowest BCUT2D eigenvalue weighted by Gasteiger charge is -2.43. The van der Waals surface area contributed by atoms with E-state index in [1.165, 1.54) is 0 Å². The number of hydrogen-bond acceptors (Lipinski definition) is 6. The summed E-state index contributed by atoms with van der Waals surface area (Å²) in [6, 6.07) is 0.680. The summed E-state index contributed by atoms with van der Waals surface area (Å²) in [6.07, 6.45) is 2.44. The topological polar surface area (TPSA) is 101 Å². The van der Waals surface area contributed by atoms with E-state index in [0.29, 0.717) is 25.4 Å². The number of sulfone groups is 1. The van der Waals surface area contributed by atoms with E-state index in [-0.39, 0.29) is 29.1 Å². The van der Waals surface area contributed by atoms with Crippen molar-refractivity contribution in [3.8, 4) is 0 Å². The van der Waals surface area contributed by atoms with Crippen molar-refractivity contribution in [2.75, 3.05) is 24.6 Å². The fraction of sp³-hybridized carbons (Fsp3) is 0.688. The van der Waals surface area contributed by atoms with Crippen molar-refractivity contribution in [1.82, 2.24) is 15.0 Å². The molecule has 0 N–H and O–H groups in total. The van der Waals surface area contributed by atoms with E-state index in [4.69, 9.17) is 4.52 Å². The summed E-state index contributed by atoms with van der Waals surface area (Å²) < 4.78 is 29.5. The van der Waals surface area contributed by atoms with E-state index in [1.54, 1.807) is 22.8 Å². The summed E-state index contributed by atoms with van der Waals surface area (Å²) in [6.45, 7) is 2.41. The van der Waals surface area contributed by atoms with Gasteiger partial charge in [0.1, 0.15) is 0 Å². The van der Waals surface area contributed by atoms with Crippen LogP contribution in [0.4, 0.5) is 0 Å². The highest BCUT2D eigenvalue weighted by Gasteiger charge is 2.49. The van der Waals surface area contributed by atoms with Gasteiger partial charge in [0, 0.05) is 31.5 Å². The number of carbonyl (C=O) groups excluding carboxylic acids is 2. The molecule has 4 rings (SSSR count). The van der Waals surface area contributed by atoms with Crippen LogP contribution in [0, 0.1) is 0 Å². The summed E-state index contributed by atoms with van der Waals surface area (Å²) in [5, 5.41) is 3.96. The summed E-state index contributed by atoms with van der Waals surface area (Å²) in [4.78, 5) is 28.2. The number of aromatic nitrogens is 1. The molecule has 1 aromatic rings. The van der Waals surface area contributed by atoms with Crippen LogP contribution in [0.1, 0.15) is 48.4 Å². The van der Waals surface area contributed by atoms with Gasteiger partial charge in [0.2, 0.25) is 11.7 Å². The van der Waals surface area contributed by atoms with Crippen LogP contribution in [0.3, 0.4) is 0 Å². The predicted molar refractivity (Wildman–Crippen MR) is 87.7 cm³/mol. The molecule has 9 heteroatoms. The summed E-state index contributed by atoms with van der Waals surface area (Å²) >= 11 is 0. The molecule has 1 aromatic heterocycles. The molecule has 1 aliphatic carbocycles. The molecule has 0 unspecified atom stereocenters. The van der Waals surface area contributed by atoms with Gasteiger partial charge in [-0.25, -0.2) is 8.42 Å². The number of rotatable bonds is 3. The SMILES string of the molecule is CCC(=O)N1CCN(C(=O)c2cc(C3CC3)no2)[C@@H]2CS(=O)(=O)C[C@@H]21. The fourth-order valence-electron chi connectivity index (χ4n) is 3.82. The zero-order valence-electron chi connectivity index (χ0n) is 14.1. The van der Waals surface area contributed by atoms with E-state index in [9.17, 15) is 18.0 Å². The van der Waals surface area contributed by atoms with Gasteiger partial charge in [0.05, 0.1) is 29.3 Å². The average molecular weight is 367 g/mol. The van der Waals surface area contributed by atoms with Crippen LogP contribution >= 0.6 is 0 Å². The van der Waals surface area contributed by atoms with Crippen LogP contribution in [0.5, 0.6) is 0 Å². The maximum atomic E-state index is 12.8. The van der Waals surface area contributed by atoms with Gasteiger partial charge in [-0.2, -0.15) is 0 Å². The van der Waals surface area contributed by atoms with Crippen LogP contribution in [0.2, 0.25) is 0 Å². The van der Waals surface area contributed by atoms with Crippen LogP contribution in [-0.2, 0) is 14.6 Å². The van der Waals surface area contributed by atoms with Crippen molar-refractivity contribution in [2.45, 2.75) is 44.2 Å². The third-order valence-electron chi connectivity index (χ3n) is 5.29. The largest absolute Gasteiger partial charge is 0.351 e. The van der Waals surface area contributed by atoms with Gasteiger partial charge in [-0.15, -0.1) is 0 Å². The highest BCUT2D eigenvalue weighted by atomic mass is 32.2. The normalized spacial score (nSPS) is 28.0. The van der Waals surface area contributed by atoms with E-state index >= 15 is 0 Å². The van der Waals surface area contributed by atoms with Gasteiger partial charge in [-0.3, -0.25) is 9.59 Å². The first-order valence-electron chi connectivity index (χ1n) is 8.67. The smallest absolute Gasteiger partial charge is 0.292 e. The second-order valence-corrected chi connectivity index (χ2v) is 9.19. The molecule has 0 bridgehead atoms. The molecule has 3 fully saturated rings. The second-order valence-electron chi connectivity index (χ2n) is 7.04. The van der Waals surface area contributed by atoms with Crippen molar-refractivity contribution in [2.24, 2.45) is 0 Å². The summed E-state index contributed by atoms with van der Waals surface area (Å²) in [5.74, 6) is -0.0774. The standard InChI is InChI=1S/C16H21N3O5S/c1-2-15(20)18-5-6-19(13-9-25(22,23)8-12(13)18)16(21)14-7-11(17-24-14)10-3-4-10/h7,10,12-13H,2-6,8-9H2,1H3/t12-,13+/m0/s1. The fourth-order valence-corrected chi connectivity index (χ4v) is 5.80. The molecule has 0 aromatic carbocycles. The van der Waals surface area contributed by atoms with Gasteiger partial charge in [-0.1, -0.05) is 12.1 Å². The zero-order valence-corrected chi connectivity index (χ0v) is 14.9. The molecule has 1 saturated carbocycles. The Kier molecular flexibility index (Phi) is 3.86. The Morgan fingerprint density at radius 2 is 1.84 bits per heavy atom. The molecule has 136 valence electrons. The molecule has 25 heavy (non-hydrogen) atoms. The van der Waals surface area contributed by atoms with Crippen LogP contribution in [0.15, 0.2) is 10.6 Å². The summed E-state index contributed by atoms with van der Waals surface area (Å²) in [5.41, 5.74) is 0.791. The number of fused-ring (bicyclic) bond motifs is 1. The zero-order chi connectivity index (χ0) is 17.8. The molecule has 2 saturated heterocycles. The number of piperazine rings is 1. The highest BCUT2D eigenvalue weighted by Crippen LogP contribution is 2.39. The molecule has 2 amide bonds. The quantitative estimate of drug-likeness (QED) is 0.767. The molecule has 2 aliphatic heterocycles. The molecule has 3 aliphatic rings. The first-order chi connectivity index (χ1) is 11.9.